The van der Waals surface area contributed by atoms with E-state index >= 15 is 0 Å². The normalized spacial score (nSPS) is 10.9. The number of unbranched alkanes of at least 4 members (excludes halogenated alkanes) is 4. The van der Waals surface area contributed by atoms with Crippen LogP contribution in [0.4, 0.5) is 0 Å². The molecule has 0 amide bonds. The third-order valence-corrected chi connectivity index (χ3v) is 6.17. The fourth-order valence-electron chi connectivity index (χ4n) is 1.45. The van der Waals surface area contributed by atoms with Crippen LogP contribution in [0.2, 0.25) is 0 Å². The zero-order valence-corrected chi connectivity index (χ0v) is 14.2. The fraction of sp³-hybridized carbons (Fsp3) is 1.00. The van der Waals surface area contributed by atoms with Gasteiger partial charge >= 0.3 is 0 Å². The smallest absolute Gasteiger partial charge is 0.00238 e. The minimum absolute atomic E-state index is 1.35. The first-order valence-corrected chi connectivity index (χ1v) is 10.6. The van der Waals surface area contributed by atoms with Crippen LogP contribution in [0.5, 0.6) is 0 Å². The summed E-state index contributed by atoms with van der Waals surface area (Å²) in [4.78, 5) is 0. The number of rotatable bonds is 14. The number of hydrogen-bond acceptors (Lipinski definition) is 3. The lowest BCUT2D eigenvalue weighted by atomic mass is 10.3. The van der Waals surface area contributed by atoms with Crippen LogP contribution in [0.25, 0.3) is 0 Å². The van der Waals surface area contributed by atoms with Gasteiger partial charge in [-0.3, -0.25) is 0 Å². The van der Waals surface area contributed by atoms with E-state index in [1.54, 1.807) is 0 Å². The molecule has 0 aliphatic heterocycles. The van der Waals surface area contributed by atoms with Gasteiger partial charge in [-0.15, -0.1) is 0 Å². The molecular weight excluding hydrogens is 264 g/mol. The van der Waals surface area contributed by atoms with E-state index in [9.17, 15) is 0 Å². The average molecular weight is 295 g/mol. The summed E-state index contributed by atoms with van der Waals surface area (Å²) in [6.45, 7) is 4.55. The highest BCUT2D eigenvalue weighted by molar-refractivity contribution is 8.04. The van der Waals surface area contributed by atoms with Gasteiger partial charge in [0, 0.05) is 23.0 Å². The molecule has 0 bridgehead atoms. The van der Waals surface area contributed by atoms with E-state index in [1.807, 2.05) is 0 Å². The SMILES string of the molecule is CCCCCSCCSCCSCCCCC. The van der Waals surface area contributed by atoms with Crippen molar-refractivity contribution in [2.45, 2.75) is 52.4 Å². The van der Waals surface area contributed by atoms with Gasteiger partial charge < -0.3 is 0 Å². The molecule has 0 rings (SSSR count). The number of thioether (sulfide) groups is 3. The lowest BCUT2D eigenvalue weighted by Crippen LogP contribution is -1.92. The summed E-state index contributed by atoms with van der Waals surface area (Å²) in [6.07, 6.45) is 8.36. The molecule has 0 fully saturated rings. The van der Waals surface area contributed by atoms with Crippen LogP contribution in [0.3, 0.4) is 0 Å². The Hall–Kier alpha value is 1.05. The molecule has 0 aromatic rings. The fourth-order valence-corrected chi connectivity index (χ4v) is 4.76. The summed E-state index contributed by atoms with van der Waals surface area (Å²) in [7, 11) is 0. The van der Waals surface area contributed by atoms with Crippen molar-refractivity contribution in [2.24, 2.45) is 0 Å². The lowest BCUT2D eigenvalue weighted by Gasteiger charge is -2.02. The quantitative estimate of drug-likeness (QED) is 0.385. The van der Waals surface area contributed by atoms with Gasteiger partial charge in [0.1, 0.15) is 0 Å². The third kappa shape index (κ3) is 17.1. The van der Waals surface area contributed by atoms with E-state index in [0.717, 1.165) is 0 Å². The van der Waals surface area contributed by atoms with Crippen molar-refractivity contribution >= 4 is 35.3 Å². The van der Waals surface area contributed by atoms with Crippen LogP contribution >= 0.6 is 35.3 Å². The molecule has 0 atom stereocenters. The Morgan fingerprint density at radius 3 is 1.18 bits per heavy atom. The molecule has 0 N–H and O–H groups in total. The second kappa shape index (κ2) is 17.1. The van der Waals surface area contributed by atoms with Gasteiger partial charge in [-0.25, -0.2) is 0 Å². The standard InChI is InChI=1S/C14H30S3/c1-3-5-7-9-15-11-13-17-14-12-16-10-8-6-4-2/h3-14H2,1-2H3. The second-order valence-corrected chi connectivity index (χ2v) is 7.93. The van der Waals surface area contributed by atoms with Gasteiger partial charge in [-0.05, 0) is 24.3 Å². The van der Waals surface area contributed by atoms with Crippen molar-refractivity contribution in [3.63, 3.8) is 0 Å². The zero-order chi connectivity index (χ0) is 12.6. The van der Waals surface area contributed by atoms with E-state index < -0.39 is 0 Å². The molecule has 0 heterocycles. The second-order valence-electron chi connectivity index (χ2n) is 4.25. The molecule has 0 aliphatic rings. The summed E-state index contributed by atoms with van der Waals surface area (Å²) in [5.41, 5.74) is 0. The highest BCUT2D eigenvalue weighted by Crippen LogP contribution is 2.12. The van der Waals surface area contributed by atoms with Crippen molar-refractivity contribution in [1.82, 2.24) is 0 Å². The Kier molecular flexibility index (Phi) is 18.1. The third-order valence-electron chi connectivity index (χ3n) is 2.53. The molecule has 0 spiro atoms. The number of hydrogen-bond donors (Lipinski definition) is 0. The first kappa shape index (κ1) is 18.0. The monoisotopic (exact) mass is 294 g/mol. The Morgan fingerprint density at radius 2 is 0.824 bits per heavy atom. The molecule has 0 nitrogen and oxygen atoms in total. The zero-order valence-electron chi connectivity index (χ0n) is 11.7. The van der Waals surface area contributed by atoms with E-state index in [-0.39, 0.29) is 0 Å². The topological polar surface area (TPSA) is 0 Å². The maximum Gasteiger partial charge on any atom is 0.00238 e. The summed E-state index contributed by atoms with van der Waals surface area (Å²) in [6, 6.07) is 0. The van der Waals surface area contributed by atoms with Crippen LogP contribution < -0.4 is 0 Å². The first-order chi connectivity index (χ1) is 8.41. The summed E-state index contributed by atoms with van der Waals surface area (Å²) in [5, 5.41) is 0. The van der Waals surface area contributed by atoms with Crippen molar-refractivity contribution < 1.29 is 0 Å². The Labute approximate surface area is 122 Å². The van der Waals surface area contributed by atoms with Gasteiger partial charge in [0.05, 0.1) is 0 Å². The predicted octanol–water partition coefficient (Wildman–Crippen LogP) is 5.57. The molecule has 0 unspecified atom stereocenters. The molecule has 104 valence electrons. The van der Waals surface area contributed by atoms with Gasteiger partial charge in [0.2, 0.25) is 0 Å². The Balaban J connectivity index is 2.85. The van der Waals surface area contributed by atoms with Gasteiger partial charge in [-0.1, -0.05) is 39.5 Å². The molecule has 0 radical (unpaired) electrons. The lowest BCUT2D eigenvalue weighted by molar-refractivity contribution is 0.778. The molecule has 0 saturated carbocycles. The minimum atomic E-state index is 1.35. The summed E-state index contributed by atoms with van der Waals surface area (Å²) in [5.74, 6) is 8.17. The van der Waals surface area contributed by atoms with Crippen LogP contribution in [-0.2, 0) is 0 Å². The highest BCUT2D eigenvalue weighted by Gasteiger charge is 1.93. The molecule has 0 aliphatic carbocycles. The molecule has 0 aromatic carbocycles. The van der Waals surface area contributed by atoms with Gasteiger partial charge in [0.25, 0.3) is 0 Å². The largest absolute Gasteiger partial charge is 0.161 e. The molecule has 0 aromatic heterocycles. The molecule has 0 saturated heterocycles. The van der Waals surface area contributed by atoms with Crippen molar-refractivity contribution in [1.29, 1.82) is 0 Å². The summed E-state index contributed by atoms with van der Waals surface area (Å²) < 4.78 is 0. The minimum Gasteiger partial charge on any atom is -0.161 e. The van der Waals surface area contributed by atoms with E-state index in [4.69, 9.17) is 0 Å². The van der Waals surface area contributed by atoms with Crippen LogP contribution in [0, 0.1) is 0 Å². The average Bonchev–Trinajstić information content (AvgIpc) is 2.35. The molecular formula is C14H30S3. The van der Waals surface area contributed by atoms with Crippen molar-refractivity contribution in [3.05, 3.63) is 0 Å². The van der Waals surface area contributed by atoms with Gasteiger partial charge in [-0.2, -0.15) is 35.3 Å². The maximum atomic E-state index is 2.28. The van der Waals surface area contributed by atoms with Crippen LogP contribution in [0.1, 0.15) is 52.4 Å². The maximum absolute atomic E-state index is 2.28. The van der Waals surface area contributed by atoms with Crippen LogP contribution in [0.15, 0.2) is 0 Å². The van der Waals surface area contributed by atoms with Gasteiger partial charge in [0.15, 0.2) is 0 Å². The van der Waals surface area contributed by atoms with E-state index in [0.29, 0.717) is 0 Å². The van der Waals surface area contributed by atoms with Crippen molar-refractivity contribution in [2.75, 3.05) is 34.5 Å². The first-order valence-electron chi connectivity index (χ1n) is 7.15. The van der Waals surface area contributed by atoms with Crippen LogP contribution in [-0.4, -0.2) is 34.5 Å². The molecule has 3 heteroatoms. The summed E-state index contributed by atoms with van der Waals surface area (Å²) >= 11 is 6.42. The van der Waals surface area contributed by atoms with E-state index in [2.05, 4.69) is 49.1 Å². The van der Waals surface area contributed by atoms with Crippen molar-refractivity contribution in [3.8, 4) is 0 Å². The molecule has 17 heavy (non-hydrogen) atoms. The predicted molar refractivity (Wildman–Crippen MR) is 91.0 cm³/mol. The highest BCUT2D eigenvalue weighted by atomic mass is 32.2. The Bertz CT molecular complexity index is 115. The Morgan fingerprint density at radius 1 is 0.471 bits per heavy atom. The van der Waals surface area contributed by atoms with E-state index in [1.165, 1.54) is 73.0 Å².